The van der Waals surface area contributed by atoms with E-state index in [0.717, 1.165) is 38.8 Å². The Labute approximate surface area is 108 Å². The predicted molar refractivity (Wildman–Crippen MR) is 69.2 cm³/mol. The molecule has 1 aliphatic heterocycles. The Balaban J connectivity index is 1.72. The molecule has 2 atom stereocenters. The average molecular weight is 245 g/mol. The lowest BCUT2D eigenvalue weighted by atomic mass is 9.89. The van der Waals surface area contributed by atoms with E-state index in [4.69, 9.17) is 4.74 Å². The second-order valence-corrected chi connectivity index (χ2v) is 5.21. The SMILES string of the molecule is O=C(OC1CCCc2ccccc21)C1CCNC1. The van der Waals surface area contributed by atoms with Gasteiger partial charge in [-0.05, 0) is 43.4 Å². The van der Waals surface area contributed by atoms with Gasteiger partial charge in [-0.2, -0.15) is 0 Å². The third kappa shape index (κ3) is 2.27. The van der Waals surface area contributed by atoms with Crippen molar-refractivity contribution in [1.82, 2.24) is 5.32 Å². The summed E-state index contributed by atoms with van der Waals surface area (Å²) >= 11 is 0. The van der Waals surface area contributed by atoms with E-state index in [9.17, 15) is 4.79 Å². The highest BCUT2D eigenvalue weighted by Crippen LogP contribution is 2.33. The molecule has 3 heteroatoms. The largest absolute Gasteiger partial charge is 0.457 e. The lowest BCUT2D eigenvalue weighted by Crippen LogP contribution is -2.24. The van der Waals surface area contributed by atoms with Crippen LogP contribution in [0.1, 0.15) is 36.5 Å². The van der Waals surface area contributed by atoms with Crippen LogP contribution < -0.4 is 5.32 Å². The number of carbonyl (C=O) groups excluding carboxylic acids is 1. The quantitative estimate of drug-likeness (QED) is 0.812. The van der Waals surface area contributed by atoms with Crippen LogP contribution in [0.5, 0.6) is 0 Å². The van der Waals surface area contributed by atoms with Crippen molar-refractivity contribution in [3.05, 3.63) is 35.4 Å². The molecule has 0 bridgehead atoms. The number of hydrogen-bond acceptors (Lipinski definition) is 3. The molecule has 0 amide bonds. The number of ether oxygens (including phenoxy) is 1. The van der Waals surface area contributed by atoms with E-state index in [0.29, 0.717) is 0 Å². The molecule has 0 saturated carbocycles. The smallest absolute Gasteiger partial charge is 0.310 e. The summed E-state index contributed by atoms with van der Waals surface area (Å²) in [6.07, 6.45) is 4.06. The molecular weight excluding hydrogens is 226 g/mol. The number of aryl methyl sites for hydroxylation is 1. The molecule has 1 saturated heterocycles. The molecule has 1 aliphatic carbocycles. The second-order valence-electron chi connectivity index (χ2n) is 5.21. The van der Waals surface area contributed by atoms with E-state index < -0.39 is 0 Å². The van der Waals surface area contributed by atoms with Crippen molar-refractivity contribution in [2.75, 3.05) is 13.1 Å². The molecule has 3 nitrogen and oxygen atoms in total. The molecule has 1 heterocycles. The number of esters is 1. The zero-order valence-electron chi connectivity index (χ0n) is 10.5. The molecule has 0 aromatic heterocycles. The number of nitrogens with one attached hydrogen (secondary N) is 1. The molecular formula is C15H19NO2. The van der Waals surface area contributed by atoms with Gasteiger partial charge in [0.15, 0.2) is 0 Å². The van der Waals surface area contributed by atoms with Crippen LogP contribution in [0, 0.1) is 5.92 Å². The fourth-order valence-electron chi connectivity index (χ4n) is 2.92. The number of hydrogen-bond donors (Lipinski definition) is 1. The van der Waals surface area contributed by atoms with Gasteiger partial charge >= 0.3 is 5.97 Å². The van der Waals surface area contributed by atoms with Gasteiger partial charge in [-0.1, -0.05) is 24.3 Å². The van der Waals surface area contributed by atoms with Crippen molar-refractivity contribution in [2.24, 2.45) is 5.92 Å². The van der Waals surface area contributed by atoms with Gasteiger partial charge in [0.05, 0.1) is 5.92 Å². The van der Waals surface area contributed by atoms with Crippen LogP contribution in [0.4, 0.5) is 0 Å². The van der Waals surface area contributed by atoms with E-state index >= 15 is 0 Å². The third-order valence-corrected chi connectivity index (χ3v) is 3.97. The van der Waals surface area contributed by atoms with Crippen LogP contribution in [0.3, 0.4) is 0 Å². The summed E-state index contributed by atoms with van der Waals surface area (Å²) in [5, 5.41) is 3.21. The Bertz CT molecular complexity index is 438. The minimum atomic E-state index is -0.0262. The van der Waals surface area contributed by atoms with Gasteiger partial charge in [0, 0.05) is 6.54 Å². The minimum Gasteiger partial charge on any atom is -0.457 e. The van der Waals surface area contributed by atoms with E-state index in [1.807, 2.05) is 6.07 Å². The normalized spacial score (nSPS) is 26.7. The maximum atomic E-state index is 12.1. The summed E-state index contributed by atoms with van der Waals surface area (Å²) in [7, 11) is 0. The van der Waals surface area contributed by atoms with Crippen molar-refractivity contribution < 1.29 is 9.53 Å². The van der Waals surface area contributed by atoms with Crippen LogP contribution in [0.15, 0.2) is 24.3 Å². The fourth-order valence-corrected chi connectivity index (χ4v) is 2.92. The Morgan fingerprint density at radius 1 is 1.28 bits per heavy atom. The highest BCUT2D eigenvalue weighted by Gasteiger charge is 2.29. The summed E-state index contributed by atoms with van der Waals surface area (Å²) in [5.74, 6) is 0.0285. The maximum Gasteiger partial charge on any atom is 0.310 e. The third-order valence-electron chi connectivity index (χ3n) is 3.97. The first-order valence-electron chi connectivity index (χ1n) is 6.83. The molecule has 1 aromatic carbocycles. The highest BCUT2D eigenvalue weighted by atomic mass is 16.5. The number of benzene rings is 1. The zero-order valence-corrected chi connectivity index (χ0v) is 10.5. The molecule has 2 unspecified atom stereocenters. The lowest BCUT2D eigenvalue weighted by molar-refractivity contribution is -0.154. The van der Waals surface area contributed by atoms with Crippen molar-refractivity contribution >= 4 is 5.97 Å². The molecule has 3 rings (SSSR count). The monoisotopic (exact) mass is 245 g/mol. The first-order chi connectivity index (χ1) is 8.84. The van der Waals surface area contributed by atoms with Crippen molar-refractivity contribution in [1.29, 1.82) is 0 Å². The maximum absolute atomic E-state index is 12.1. The van der Waals surface area contributed by atoms with Crippen molar-refractivity contribution in [2.45, 2.75) is 31.8 Å². The first kappa shape index (κ1) is 11.7. The summed E-state index contributed by atoms with van der Waals surface area (Å²) in [6.45, 7) is 1.70. The number of fused-ring (bicyclic) bond motifs is 1. The molecule has 0 spiro atoms. The van der Waals surface area contributed by atoms with Crippen LogP contribution in [0.2, 0.25) is 0 Å². The van der Waals surface area contributed by atoms with Gasteiger partial charge in [0.1, 0.15) is 6.10 Å². The van der Waals surface area contributed by atoms with Gasteiger partial charge in [-0.15, -0.1) is 0 Å². The summed E-state index contributed by atoms with van der Waals surface area (Å²) in [4.78, 5) is 12.1. The Hall–Kier alpha value is -1.35. The van der Waals surface area contributed by atoms with E-state index in [1.54, 1.807) is 0 Å². The predicted octanol–water partition coefficient (Wildman–Crippen LogP) is 2.22. The summed E-state index contributed by atoms with van der Waals surface area (Å²) < 4.78 is 5.72. The van der Waals surface area contributed by atoms with Gasteiger partial charge in [-0.3, -0.25) is 4.79 Å². The first-order valence-corrected chi connectivity index (χ1v) is 6.83. The molecule has 0 radical (unpaired) electrons. The van der Waals surface area contributed by atoms with E-state index in [2.05, 4.69) is 23.5 Å². The summed E-state index contributed by atoms with van der Waals surface area (Å²) in [5.41, 5.74) is 2.55. The van der Waals surface area contributed by atoms with Gasteiger partial charge in [0.25, 0.3) is 0 Å². The Kier molecular flexibility index (Phi) is 3.33. The molecule has 96 valence electrons. The number of rotatable bonds is 2. The fraction of sp³-hybridized carbons (Fsp3) is 0.533. The molecule has 1 fully saturated rings. The lowest BCUT2D eigenvalue weighted by Gasteiger charge is -2.26. The topological polar surface area (TPSA) is 38.3 Å². The molecule has 1 N–H and O–H groups in total. The van der Waals surface area contributed by atoms with E-state index in [-0.39, 0.29) is 18.0 Å². The highest BCUT2D eigenvalue weighted by molar-refractivity contribution is 5.73. The van der Waals surface area contributed by atoms with Crippen molar-refractivity contribution in [3.63, 3.8) is 0 Å². The van der Waals surface area contributed by atoms with Crippen LogP contribution in [-0.4, -0.2) is 19.1 Å². The van der Waals surface area contributed by atoms with Crippen LogP contribution in [0.25, 0.3) is 0 Å². The molecule has 2 aliphatic rings. The molecule has 1 aromatic rings. The summed E-state index contributed by atoms with van der Waals surface area (Å²) in [6, 6.07) is 8.33. The Morgan fingerprint density at radius 3 is 3.00 bits per heavy atom. The van der Waals surface area contributed by atoms with Gasteiger partial charge in [0.2, 0.25) is 0 Å². The van der Waals surface area contributed by atoms with Crippen LogP contribution >= 0.6 is 0 Å². The standard InChI is InChI=1S/C15H19NO2/c17-15(12-8-9-16-10-12)18-14-7-3-5-11-4-1-2-6-13(11)14/h1-2,4,6,12,14,16H,3,5,7-10H2. The second kappa shape index (κ2) is 5.11. The van der Waals surface area contributed by atoms with Gasteiger partial charge in [-0.25, -0.2) is 0 Å². The Morgan fingerprint density at radius 2 is 2.17 bits per heavy atom. The van der Waals surface area contributed by atoms with Crippen molar-refractivity contribution in [3.8, 4) is 0 Å². The number of carbonyl (C=O) groups is 1. The minimum absolute atomic E-state index is 0.0250. The zero-order chi connectivity index (χ0) is 12.4. The van der Waals surface area contributed by atoms with Crippen LogP contribution in [-0.2, 0) is 16.0 Å². The van der Waals surface area contributed by atoms with Gasteiger partial charge < -0.3 is 10.1 Å². The molecule has 18 heavy (non-hydrogen) atoms. The van der Waals surface area contributed by atoms with E-state index in [1.165, 1.54) is 11.1 Å². The average Bonchev–Trinajstić information content (AvgIpc) is 2.93.